The van der Waals surface area contributed by atoms with E-state index >= 15 is 0 Å². The Hall–Kier alpha value is -1.48. The van der Waals surface area contributed by atoms with Crippen LogP contribution in [0.3, 0.4) is 0 Å². The highest BCUT2D eigenvalue weighted by Gasteiger charge is 2.33. The highest BCUT2D eigenvalue weighted by Crippen LogP contribution is 2.25. The van der Waals surface area contributed by atoms with E-state index in [2.05, 4.69) is 5.32 Å². The molecule has 1 aliphatic rings. The molecule has 0 atom stereocenters. The van der Waals surface area contributed by atoms with Crippen molar-refractivity contribution in [2.75, 3.05) is 32.8 Å². The van der Waals surface area contributed by atoms with Gasteiger partial charge in [0, 0.05) is 26.2 Å². The summed E-state index contributed by atoms with van der Waals surface area (Å²) < 4.78 is 31.8. The van der Waals surface area contributed by atoms with Crippen molar-refractivity contribution in [3.8, 4) is 0 Å². The van der Waals surface area contributed by atoms with Gasteiger partial charge in [0.1, 0.15) is 0 Å². The van der Waals surface area contributed by atoms with E-state index in [4.69, 9.17) is 10.5 Å². The van der Waals surface area contributed by atoms with Crippen LogP contribution >= 0.6 is 0 Å². The number of benzene rings is 1. The van der Waals surface area contributed by atoms with E-state index in [-0.39, 0.29) is 10.8 Å². The zero-order chi connectivity index (χ0) is 19.2. The van der Waals surface area contributed by atoms with Gasteiger partial charge in [-0.3, -0.25) is 4.79 Å². The molecule has 7 nitrogen and oxygen atoms in total. The van der Waals surface area contributed by atoms with E-state index in [0.29, 0.717) is 52.2 Å². The van der Waals surface area contributed by atoms with Gasteiger partial charge in [-0.1, -0.05) is 26.0 Å². The van der Waals surface area contributed by atoms with Crippen molar-refractivity contribution in [3.05, 3.63) is 29.8 Å². The van der Waals surface area contributed by atoms with E-state index in [1.165, 1.54) is 4.31 Å². The first-order valence-electron chi connectivity index (χ1n) is 9.05. The molecular weight excluding hydrogens is 354 g/mol. The lowest BCUT2D eigenvalue weighted by molar-refractivity contribution is -0.131. The van der Waals surface area contributed by atoms with E-state index in [1.807, 2.05) is 13.8 Å². The van der Waals surface area contributed by atoms with Crippen LogP contribution in [-0.2, 0) is 26.1 Å². The lowest BCUT2D eigenvalue weighted by atomic mass is 9.81. The number of carbonyl (C=O) groups is 1. The zero-order valence-corrected chi connectivity index (χ0v) is 16.3. The van der Waals surface area contributed by atoms with Crippen molar-refractivity contribution < 1.29 is 17.9 Å². The molecule has 26 heavy (non-hydrogen) atoms. The van der Waals surface area contributed by atoms with Crippen LogP contribution in [0.4, 0.5) is 0 Å². The summed E-state index contributed by atoms with van der Waals surface area (Å²) in [6.07, 6.45) is 1.37. The number of rotatable bonds is 8. The number of hydrogen-bond acceptors (Lipinski definition) is 5. The summed E-state index contributed by atoms with van der Waals surface area (Å²) in [5.41, 5.74) is 6.10. The lowest BCUT2D eigenvalue weighted by Gasteiger charge is -2.28. The van der Waals surface area contributed by atoms with Crippen molar-refractivity contribution in [2.45, 2.75) is 38.1 Å². The van der Waals surface area contributed by atoms with Crippen molar-refractivity contribution >= 4 is 15.9 Å². The summed E-state index contributed by atoms with van der Waals surface area (Å²) >= 11 is 0. The molecule has 2 rings (SSSR count). The normalized spacial score (nSPS) is 16.4. The maximum atomic E-state index is 12.6. The highest BCUT2D eigenvalue weighted by atomic mass is 32.2. The minimum Gasteiger partial charge on any atom is -0.379 e. The number of carbonyl (C=O) groups excluding carboxylic acids is 1. The second-order valence-electron chi connectivity index (χ2n) is 6.53. The molecule has 1 aromatic carbocycles. The van der Waals surface area contributed by atoms with Gasteiger partial charge in [0.05, 0.1) is 23.5 Å². The van der Waals surface area contributed by atoms with E-state index in [1.54, 1.807) is 24.3 Å². The van der Waals surface area contributed by atoms with Crippen LogP contribution in [0.5, 0.6) is 0 Å². The van der Waals surface area contributed by atoms with Crippen LogP contribution in [0, 0.1) is 5.41 Å². The molecule has 0 aromatic heterocycles. The molecule has 0 saturated carbocycles. The molecule has 3 N–H and O–H groups in total. The van der Waals surface area contributed by atoms with Gasteiger partial charge in [0.15, 0.2) is 0 Å². The van der Waals surface area contributed by atoms with Gasteiger partial charge in [0.25, 0.3) is 0 Å². The van der Waals surface area contributed by atoms with Crippen LogP contribution in [-0.4, -0.2) is 51.5 Å². The first-order chi connectivity index (χ1) is 12.4. The Kier molecular flexibility index (Phi) is 7.16. The number of sulfonamides is 1. The molecule has 1 saturated heterocycles. The number of nitrogens with one attached hydrogen (secondary N) is 1. The molecule has 0 unspecified atom stereocenters. The minimum absolute atomic E-state index is 0.0602. The Morgan fingerprint density at radius 1 is 1.19 bits per heavy atom. The third-order valence-corrected chi connectivity index (χ3v) is 7.12. The van der Waals surface area contributed by atoms with Gasteiger partial charge in [-0.15, -0.1) is 0 Å². The average Bonchev–Trinajstić information content (AvgIpc) is 2.69. The molecule has 0 radical (unpaired) electrons. The van der Waals surface area contributed by atoms with Crippen LogP contribution < -0.4 is 11.1 Å². The van der Waals surface area contributed by atoms with Crippen LogP contribution in [0.2, 0.25) is 0 Å². The Labute approximate surface area is 155 Å². The molecular formula is C18H29N3O4S. The Morgan fingerprint density at radius 3 is 2.27 bits per heavy atom. The van der Waals surface area contributed by atoms with Crippen molar-refractivity contribution in [3.63, 3.8) is 0 Å². The van der Waals surface area contributed by atoms with Gasteiger partial charge in [-0.05, 0) is 30.5 Å². The van der Waals surface area contributed by atoms with E-state index in [0.717, 1.165) is 5.56 Å². The van der Waals surface area contributed by atoms with Crippen LogP contribution in [0.15, 0.2) is 29.2 Å². The molecule has 1 heterocycles. The highest BCUT2D eigenvalue weighted by molar-refractivity contribution is 7.89. The number of morpholine rings is 1. The van der Waals surface area contributed by atoms with E-state index < -0.39 is 15.4 Å². The number of ether oxygens (including phenoxy) is 1. The molecule has 1 aliphatic heterocycles. The molecule has 0 aliphatic carbocycles. The minimum atomic E-state index is -3.50. The molecule has 0 bridgehead atoms. The van der Waals surface area contributed by atoms with Crippen molar-refractivity contribution in [1.82, 2.24) is 9.62 Å². The Balaban J connectivity index is 2.02. The quantitative estimate of drug-likeness (QED) is 0.700. The maximum Gasteiger partial charge on any atom is 0.243 e. The number of nitrogens with two attached hydrogens (primary N) is 1. The fraction of sp³-hybridized carbons (Fsp3) is 0.611. The third-order valence-electron chi connectivity index (χ3n) is 5.21. The molecule has 8 heteroatoms. The summed E-state index contributed by atoms with van der Waals surface area (Å²) in [4.78, 5) is 12.7. The Morgan fingerprint density at radius 2 is 1.77 bits per heavy atom. The maximum absolute atomic E-state index is 12.6. The number of amides is 1. The fourth-order valence-corrected chi connectivity index (χ4v) is 4.45. The first-order valence-corrected chi connectivity index (χ1v) is 10.5. The molecule has 146 valence electrons. The standard InChI is InChI=1S/C18H29N3O4S/c1-3-18(4-2,14-19)17(22)20-13-15-5-7-16(8-6-15)26(23,24)21-9-11-25-12-10-21/h5-8H,3-4,9-14,19H2,1-2H3,(H,20,22). The zero-order valence-electron chi connectivity index (χ0n) is 15.5. The van der Waals surface area contributed by atoms with Crippen LogP contribution in [0.1, 0.15) is 32.3 Å². The largest absolute Gasteiger partial charge is 0.379 e. The van der Waals surface area contributed by atoms with Crippen molar-refractivity contribution in [2.24, 2.45) is 11.1 Å². The predicted octanol–water partition coefficient (Wildman–Crippen LogP) is 1.09. The molecule has 1 fully saturated rings. The smallest absolute Gasteiger partial charge is 0.243 e. The monoisotopic (exact) mass is 383 g/mol. The number of hydrogen-bond donors (Lipinski definition) is 2. The molecule has 1 aromatic rings. The SMILES string of the molecule is CCC(CC)(CN)C(=O)NCc1ccc(S(=O)(=O)N2CCOCC2)cc1. The summed E-state index contributed by atoms with van der Waals surface area (Å²) in [7, 11) is -3.50. The Bertz CT molecular complexity index is 685. The van der Waals surface area contributed by atoms with E-state index in [9.17, 15) is 13.2 Å². The van der Waals surface area contributed by atoms with Gasteiger partial charge in [-0.2, -0.15) is 4.31 Å². The first kappa shape index (κ1) is 20.8. The molecule has 0 spiro atoms. The van der Waals surface area contributed by atoms with Gasteiger partial charge in [0.2, 0.25) is 15.9 Å². The second-order valence-corrected chi connectivity index (χ2v) is 8.47. The van der Waals surface area contributed by atoms with Gasteiger partial charge < -0.3 is 15.8 Å². The molecule has 1 amide bonds. The third kappa shape index (κ3) is 4.43. The number of nitrogens with zero attached hydrogens (tertiary/aromatic N) is 1. The summed E-state index contributed by atoms with van der Waals surface area (Å²) in [5.74, 6) is -0.0602. The predicted molar refractivity (Wildman–Crippen MR) is 99.9 cm³/mol. The van der Waals surface area contributed by atoms with Crippen molar-refractivity contribution in [1.29, 1.82) is 0 Å². The van der Waals surface area contributed by atoms with Gasteiger partial charge >= 0.3 is 0 Å². The fourth-order valence-electron chi connectivity index (χ4n) is 3.04. The average molecular weight is 384 g/mol. The summed E-state index contributed by atoms with van der Waals surface area (Å²) in [6.45, 7) is 6.15. The second kappa shape index (κ2) is 8.94. The summed E-state index contributed by atoms with van der Waals surface area (Å²) in [6, 6.07) is 6.63. The topological polar surface area (TPSA) is 102 Å². The lowest BCUT2D eigenvalue weighted by Crippen LogP contribution is -2.45. The van der Waals surface area contributed by atoms with Crippen LogP contribution in [0.25, 0.3) is 0 Å². The van der Waals surface area contributed by atoms with Gasteiger partial charge in [-0.25, -0.2) is 8.42 Å². The summed E-state index contributed by atoms with van der Waals surface area (Å²) in [5, 5.41) is 2.92.